The molecule has 1 aromatic carbocycles. The van der Waals surface area contributed by atoms with E-state index in [1.54, 1.807) is 48.4 Å². The first kappa shape index (κ1) is 17.3. The van der Waals surface area contributed by atoms with Crippen molar-refractivity contribution in [1.29, 1.82) is 0 Å². The van der Waals surface area contributed by atoms with Crippen LogP contribution in [0.1, 0.15) is 23.7 Å². The number of amides is 1. The molecule has 1 aromatic heterocycles. The van der Waals surface area contributed by atoms with E-state index in [1.807, 2.05) is 13.0 Å². The number of aromatic nitrogens is 1. The van der Waals surface area contributed by atoms with E-state index >= 15 is 0 Å². The van der Waals surface area contributed by atoms with Gasteiger partial charge in [0, 0.05) is 29.0 Å². The maximum Gasteiger partial charge on any atom is 0.255 e. The molecule has 0 saturated heterocycles. The summed E-state index contributed by atoms with van der Waals surface area (Å²) in [6.07, 6.45) is 4.03. The molecule has 0 spiro atoms. The molecule has 6 heteroatoms. The Bertz CT molecular complexity index is 632. The van der Waals surface area contributed by atoms with Gasteiger partial charge in [-0.1, -0.05) is 0 Å². The number of pyridine rings is 1. The number of ether oxygens (including phenoxy) is 1. The molecular weight excluding hydrogens is 312 g/mol. The molecule has 122 valence electrons. The van der Waals surface area contributed by atoms with Crippen LogP contribution in [-0.2, 0) is 0 Å². The molecule has 0 atom stereocenters. The van der Waals surface area contributed by atoms with Gasteiger partial charge >= 0.3 is 0 Å². The molecule has 2 rings (SSSR count). The summed E-state index contributed by atoms with van der Waals surface area (Å²) in [7, 11) is 0. The van der Waals surface area contributed by atoms with Crippen molar-refractivity contribution in [2.75, 3.05) is 24.3 Å². The molecule has 0 aliphatic heterocycles. The van der Waals surface area contributed by atoms with Crippen molar-refractivity contribution in [3.63, 3.8) is 0 Å². The van der Waals surface area contributed by atoms with Gasteiger partial charge in [0.1, 0.15) is 5.75 Å². The SMILES string of the molecule is CCOc1ccc(C(=O)Nc2cnccc2SCCCO)cc1. The predicted octanol–water partition coefficient (Wildman–Crippen LogP) is 3.21. The maximum absolute atomic E-state index is 12.3. The number of nitrogens with zero attached hydrogens (tertiary/aromatic N) is 1. The topological polar surface area (TPSA) is 71.5 Å². The van der Waals surface area contributed by atoms with Crippen molar-refractivity contribution in [2.24, 2.45) is 0 Å². The van der Waals surface area contributed by atoms with Gasteiger partial charge in [-0.25, -0.2) is 0 Å². The lowest BCUT2D eigenvalue weighted by Gasteiger charge is -2.10. The number of benzene rings is 1. The predicted molar refractivity (Wildman–Crippen MR) is 92.2 cm³/mol. The second-order valence-electron chi connectivity index (χ2n) is 4.71. The first-order valence-corrected chi connectivity index (χ1v) is 8.45. The van der Waals surface area contributed by atoms with E-state index in [0.29, 0.717) is 24.3 Å². The number of rotatable bonds is 8. The standard InChI is InChI=1S/C17H20N2O3S/c1-2-22-14-6-4-13(5-7-14)17(21)19-15-12-18-9-8-16(15)23-11-3-10-20/h4-9,12,20H,2-3,10-11H2,1H3,(H,19,21). The quantitative estimate of drug-likeness (QED) is 0.574. The number of thioether (sulfide) groups is 1. The molecule has 2 aromatic rings. The molecule has 0 saturated carbocycles. The normalized spacial score (nSPS) is 10.3. The van der Waals surface area contributed by atoms with E-state index in [0.717, 1.165) is 16.4 Å². The highest BCUT2D eigenvalue weighted by molar-refractivity contribution is 7.99. The molecule has 0 fully saturated rings. The lowest BCUT2D eigenvalue weighted by Crippen LogP contribution is -2.12. The third-order valence-electron chi connectivity index (χ3n) is 3.02. The highest BCUT2D eigenvalue weighted by Crippen LogP contribution is 2.27. The van der Waals surface area contributed by atoms with Crippen LogP contribution in [0.5, 0.6) is 5.75 Å². The first-order valence-electron chi connectivity index (χ1n) is 7.46. The zero-order valence-electron chi connectivity index (χ0n) is 13.0. The number of nitrogens with one attached hydrogen (secondary N) is 1. The summed E-state index contributed by atoms with van der Waals surface area (Å²) in [5, 5.41) is 11.7. The molecule has 0 aliphatic rings. The summed E-state index contributed by atoms with van der Waals surface area (Å²) in [6.45, 7) is 2.67. The molecule has 2 N–H and O–H groups in total. The Morgan fingerprint density at radius 3 is 2.78 bits per heavy atom. The monoisotopic (exact) mass is 332 g/mol. The van der Waals surface area contributed by atoms with Crippen LogP contribution < -0.4 is 10.1 Å². The number of aliphatic hydroxyl groups is 1. The minimum atomic E-state index is -0.190. The average molecular weight is 332 g/mol. The Hall–Kier alpha value is -2.05. The fourth-order valence-electron chi connectivity index (χ4n) is 1.91. The Balaban J connectivity index is 2.04. The highest BCUT2D eigenvalue weighted by Gasteiger charge is 2.10. The Kier molecular flexibility index (Phi) is 6.90. The van der Waals surface area contributed by atoms with Crippen molar-refractivity contribution in [2.45, 2.75) is 18.2 Å². The molecule has 0 aliphatic carbocycles. The van der Waals surface area contributed by atoms with E-state index in [4.69, 9.17) is 9.84 Å². The van der Waals surface area contributed by atoms with Crippen LogP contribution in [0, 0.1) is 0 Å². The van der Waals surface area contributed by atoms with E-state index in [2.05, 4.69) is 10.3 Å². The van der Waals surface area contributed by atoms with Crippen LogP contribution in [0.4, 0.5) is 5.69 Å². The van der Waals surface area contributed by atoms with Gasteiger partial charge in [0.05, 0.1) is 18.5 Å². The molecule has 1 amide bonds. The Labute approximate surface area is 140 Å². The fraction of sp³-hybridized carbons (Fsp3) is 0.294. The third-order valence-corrected chi connectivity index (χ3v) is 4.18. The Morgan fingerprint density at radius 2 is 2.09 bits per heavy atom. The molecule has 0 bridgehead atoms. The van der Waals surface area contributed by atoms with Crippen LogP contribution in [0.15, 0.2) is 47.6 Å². The summed E-state index contributed by atoms with van der Waals surface area (Å²) in [4.78, 5) is 17.3. The largest absolute Gasteiger partial charge is 0.494 e. The van der Waals surface area contributed by atoms with Gasteiger partial charge < -0.3 is 15.2 Å². The lowest BCUT2D eigenvalue weighted by molar-refractivity contribution is 0.102. The summed E-state index contributed by atoms with van der Waals surface area (Å²) in [5.74, 6) is 1.34. The second kappa shape index (κ2) is 9.17. The van der Waals surface area contributed by atoms with Gasteiger partial charge in [-0.05, 0) is 43.7 Å². The smallest absolute Gasteiger partial charge is 0.255 e. The van der Waals surface area contributed by atoms with Gasteiger partial charge in [-0.2, -0.15) is 0 Å². The summed E-state index contributed by atoms with van der Waals surface area (Å²) in [6, 6.07) is 8.87. The van der Waals surface area contributed by atoms with Crippen molar-refractivity contribution < 1.29 is 14.6 Å². The van der Waals surface area contributed by atoms with Crippen LogP contribution in [0.25, 0.3) is 0 Å². The molecule has 23 heavy (non-hydrogen) atoms. The fourth-order valence-corrected chi connectivity index (χ4v) is 2.82. The van der Waals surface area contributed by atoms with Crippen LogP contribution in [-0.4, -0.2) is 35.0 Å². The molecule has 5 nitrogen and oxygen atoms in total. The van der Waals surface area contributed by atoms with E-state index in [9.17, 15) is 4.79 Å². The van der Waals surface area contributed by atoms with Gasteiger partial charge in [-0.3, -0.25) is 9.78 Å². The van der Waals surface area contributed by atoms with E-state index < -0.39 is 0 Å². The van der Waals surface area contributed by atoms with Crippen LogP contribution >= 0.6 is 11.8 Å². The van der Waals surface area contributed by atoms with Crippen molar-refractivity contribution in [1.82, 2.24) is 4.98 Å². The third kappa shape index (κ3) is 5.26. The first-order chi connectivity index (χ1) is 11.2. The zero-order valence-corrected chi connectivity index (χ0v) is 13.8. The van der Waals surface area contributed by atoms with E-state index in [-0.39, 0.29) is 12.5 Å². The molecule has 0 radical (unpaired) electrons. The van der Waals surface area contributed by atoms with Gasteiger partial charge in [0.2, 0.25) is 0 Å². The number of hydrogen-bond acceptors (Lipinski definition) is 5. The minimum Gasteiger partial charge on any atom is -0.494 e. The van der Waals surface area contributed by atoms with Crippen molar-refractivity contribution in [3.05, 3.63) is 48.3 Å². The van der Waals surface area contributed by atoms with Crippen molar-refractivity contribution in [3.8, 4) is 5.75 Å². The summed E-state index contributed by atoms with van der Waals surface area (Å²) in [5.41, 5.74) is 1.23. The highest BCUT2D eigenvalue weighted by atomic mass is 32.2. The van der Waals surface area contributed by atoms with Crippen molar-refractivity contribution >= 4 is 23.4 Å². The van der Waals surface area contributed by atoms with Gasteiger partial charge in [-0.15, -0.1) is 11.8 Å². The lowest BCUT2D eigenvalue weighted by atomic mass is 10.2. The molecule has 1 heterocycles. The van der Waals surface area contributed by atoms with Crippen LogP contribution in [0.3, 0.4) is 0 Å². The second-order valence-corrected chi connectivity index (χ2v) is 5.85. The average Bonchev–Trinajstić information content (AvgIpc) is 2.57. The number of anilines is 1. The van der Waals surface area contributed by atoms with Gasteiger partial charge in [0.15, 0.2) is 0 Å². The number of aliphatic hydroxyl groups excluding tert-OH is 1. The van der Waals surface area contributed by atoms with E-state index in [1.165, 1.54) is 0 Å². The number of carbonyl (C=O) groups excluding carboxylic acids is 1. The zero-order chi connectivity index (χ0) is 16.5. The minimum absolute atomic E-state index is 0.159. The number of carbonyl (C=O) groups is 1. The van der Waals surface area contributed by atoms with Crippen LogP contribution in [0.2, 0.25) is 0 Å². The Morgan fingerprint density at radius 1 is 1.30 bits per heavy atom. The number of hydrogen-bond donors (Lipinski definition) is 2. The summed E-state index contributed by atoms with van der Waals surface area (Å²) < 4.78 is 5.37. The maximum atomic E-state index is 12.3. The van der Waals surface area contributed by atoms with Gasteiger partial charge in [0.25, 0.3) is 5.91 Å². The molecule has 0 unspecified atom stereocenters. The molecular formula is C17H20N2O3S. The summed E-state index contributed by atoms with van der Waals surface area (Å²) >= 11 is 1.58.